The molecule has 2 atom stereocenters. The summed E-state index contributed by atoms with van der Waals surface area (Å²) in [6, 6.07) is 11.4. The number of halogens is 3. The fourth-order valence-electron chi connectivity index (χ4n) is 3.81. The third-order valence-corrected chi connectivity index (χ3v) is 5.17. The molecule has 3 rings (SSSR count). The van der Waals surface area contributed by atoms with Crippen LogP contribution in [0, 0.1) is 0 Å². The minimum absolute atomic E-state index is 0.0481. The zero-order chi connectivity index (χ0) is 22.6. The molecule has 0 fully saturated rings. The summed E-state index contributed by atoms with van der Waals surface area (Å²) < 4.78 is 50.6. The zero-order valence-electron chi connectivity index (χ0n) is 17.1. The number of carbonyl (C=O) groups excluding carboxylic acids is 2. The number of alkyl halides is 3. The SMILES string of the molecule is COCCN1C(=O)c2ccccc2C(C(=O)Nc2cccc(OC)c2)C1CC(F)(F)F. The van der Waals surface area contributed by atoms with Gasteiger partial charge in [0.05, 0.1) is 32.1 Å². The van der Waals surface area contributed by atoms with Crippen LogP contribution in [0.15, 0.2) is 48.5 Å². The Hall–Kier alpha value is -3.07. The largest absolute Gasteiger partial charge is 0.497 e. The van der Waals surface area contributed by atoms with Gasteiger partial charge in [-0.25, -0.2) is 0 Å². The van der Waals surface area contributed by atoms with Crippen molar-refractivity contribution < 1.29 is 32.2 Å². The first-order chi connectivity index (χ1) is 14.7. The summed E-state index contributed by atoms with van der Waals surface area (Å²) in [6.07, 6.45) is -5.88. The molecule has 2 amide bonds. The van der Waals surface area contributed by atoms with Gasteiger partial charge in [0, 0.05) is 31.0 Å². The molecule has 2 aromatic carbocycles. The van der Waals surface area contributed by atoms with Crippen LogP contribution in [0.4, 0.5) is 18.9 Å². The van der Waals surface area contributed by atoms with Crippen molar-refractivity contribution >= 4 is 17.5 Å². The van der Waals surface area contributed by atoms with Crippen molar-refractivity contribution in [3.8, 4) is 5.75 Å². The van der Waals surface area contributed by atoms with Gasteiger partial charge in [0.15, 0.2) is 0 Å². The molecular weight excluding hydrogens is 413 g/mol. The molecular formula is C22H23F3N2O4. The molecule has 0 saturated heterocycles. The van der Waals surface area contributed by atoms with Crippen LogP contribution in [0.3, 0.4) is 0 Å². The molecule has 1 heterocycles. The zero-order valence-corrected chi connectivity index (χ0v) is 17.1. The second-order valence-electron chi connectivity index (χ2n) is 7.16. The highest BCUT2D eigenvalue weighted by atomic mass is 19.4. The van der Waals surface area contributed by atoms with Gasteiger partial charge in [-0.15, -0.1) is 0 Å². The van der Waals surface area contributed by atoms with E-state index in [9.17, 15) is 22.8 Å². The highest BCUT2D eigenvalue weighted by Gasteiger charge is 2.47. The lowest BCUT2D eigenvalue weighted by atomic mass is 9.80. The first-order valence-electron chi connectivity index (χ1n) is 9.65. The number of rotatable bonds is 7. The molecule has 0 aliphatic carbocycles. The molecule has 6 nitrogen and oxygen atoms in total. The smallest absolute Gasteiger partial charge is 0.391 e. The van der Waals surface area contributed by atoms with Gasteiger partial charge in [-0.2, -0.15) is 13.2 Å². The molecule has 0 aromatic heterocycles. The molecule has 1 aliphatic heterocycles. The minimum atomic E-state index is -4.57. The average molecular weight is 436 g/mol. The highest BCUT2D eigenvalue weighted by molar-refractivity contribution is 6.04. The van der Waals surface area contributed by atoms with Gasteiger partial charge in [0.1, 0.15) is 5.75 Å². The summed E-state index contributed by atoms with van der Waals surface area (Å²) in [5, 5.41) is 2.68. The Kier molecular flexibility index (Phi) is 6.84. The third kappa shape index (κ3) is 5.16. The fourth-order valence-corrected chi connectivity index (χ4v) is 3.81. The lowest BCUT2D eigenvalue weighted by Crippen LogP contribution is -2.53. The minimum Gasteiger partial charge on any atom is -0.497 e. The Balaban J connectivity index is 2.04. The highest BCUT2D eigenvalue weighted by Crippen LogP contribution is 2.39. The topological polar surface area (TPSA) is 67.9 Å². The summed E-state index contributed by atoms with van der Waals surface area (Å²) in [6.45, 7) is -0.0140. The van der Waals surface area contributed by atoms with Crippen LogP contribution in [0.2, 0.25) is 0 Å². The Morgan fingerprint density at radius 3 is 2.55 bits per heavy atom. The van der Waals surface area contributed by atoms with Crippen LogP contribution in [0.5, 0.6) is 5.75 Å². The van der Waals surface area contributed by atoms with Crippen molar-refractivity contribution in [3.63, 3.8) is 0 Å². The fraction of sp³-hybridized carbons (Fsp3) is 0.364. The van der Waals surface area contributed by atoms with Crippen LogP contribution in [0.25, 0.3) is 0 Å². The maximum atomic E-state index is 13.5. The summed E-state index contributed by atoms with van der Waals surface area (Å²) in [5.41, 5.74) is 0.867. The van der Waals surface area contributed by atoms with E-state index in [-0.39, 0.29) is 24.3 Å². The van der Waals surface area contributed by atoms with E-state index in [0.717, 1.165) is 4.90 Å². The van der Waals surface area contributed by atoms with Crippen molar-refractivity contribution in [3.05, 3.63) is 59.7 Å². The van der Waals surface area contributed by atoms with Crippen molar-refractivity contribution in [2.75, 3.05) is 32.7 Å². The maximum Gasteiger partial charge on any atom is 0.391 e. The van der Waals surface area contributed by atoms with Crippen molar-refractivity contribution in [1.29, 1.82) is 0 Å². The van der Waals surface area contributed by atoms with Gasteiger partial charge in [-0.05, 0) is 23.8 Å². The molecule has 166 valence electrons. The number of carbonyl (C=O) groups is 2. The number of amides is 2. The molecule has 0 bridgehead atoms. The molecule has 1 aliphatic rings. The predicted molar refractivity (Wildman–Crippen MR) is 108 cm³/mol. The van der Waals surface area contributed by atoms with E-state index in [1.54, 1.807) is 36.4 Å². The first-order valence-corrected chi connectivity index (χ1v) is 9.65. The van der Waals surface area contributed by atoms with Gasteiger partial charge >= 0.3 is 6.18 Å². The van der Waals surface area contributed by atoms with Crippen molar-refractivity contribution in [2.45, 2.75) is 24.6 Å². The number of nitrogens with zero attached hydrogens (tertiary/aromatic N) is 1. The average Bonchev–Trinajstić information content (AvgIpc) is 2.72. The van der Waals surface area contributed by atoms with Crippen LogP contribution >= 0.6 is 0 Å². The second-order valence-corrected chi connectivity index (χ2v) is 7.16. The predicted octanol–water partition coefficient (Wildman–Crippen LogP) is 3.84. The van der Waals surface area contributed by atoms with E-state index in [0.29, 0.717) is 11.4 Å². The number of benzene rings is 2. The van der Waals surface area contributed by atoms with Gasteiger partial charge in [-0.1, -0.05) is 24.3 Å². The molecule has 2 unspecified atom stereocenters. The van der Waals surface area contributed by atoms with E-state index in [4.69, 9.17) is 9.47 Å². The third-order valence-electron chi connectivity index (χ3n) is 5.17. The Morgan fingerprint density at radius 1 is 1.13 bits per heavy atom. The Bertz CT molecular complexity index is 948. The molecule has 2 aromatic rings. The van der Waals surface area contributed by atoms with Crippen LogP contribution < -0.4 is 10.1 Å². The molecule has 0 radical (unpaired) electrons. The quantitative estimate of drug-likeness (QED) is 0.716. The van der Waals surface area contributed by atoms with E-state index in [2.05, 4.69) is 5.32 Å². The number of methoxy groups -OCH3 is 2. The maximum absolute atomic E-state index is 13.5. The second kappa shape index (κ2) is 9.38. The van der Waals surface area contributed by atoms with Gasteiger partial charge in [0.25, 0.3) is 5.91 Å². The van der Waals surface area contributed by atoms with E-state index in [1.807, 2.05) is 0 Å². The number of anilines is 1. The first kappa shape index (κ1) is 22.6. The van der Waals surface area contributed by atoms with E-state index < -0.39 is 36.4 Å². The number of ether oxygens (including phenoxy) is 2. The van der Waals surface area contributed by atoms with Crippen LogP contribution in [-0.4, -0.2) is 56.3 Å². The molecule has 0 spiro atoms. The lowest BCUT2D eigenvalue weighted by Gasteiger charge is -2.41. The molecule has 31 heavy (non-hydrogen) atoms. The standard InChI is InChI=1S/C22H23F3N2O4/c1-30-11-10-27-18(13-22(23,24)25)19(16-8-3-4-9-17(16)21(27)29)20(28)26-14-6-5-7-15(12-14)31-2/h3-9,12,18-19H,10-11,13H2,1-2H3,(H,26,28). The number of nitrogens with one attached hydrogen (secondary N) is 1. The monoisotopic (exact) mass is 436 g/mol. The van der Waals surface area contributed by atoms with Crippen LogP contribution in [0.1, 0.15) is 28.3 Å². The van der Waals surface area contributed by atoms with Gasteiger partial charge in [-0.3, -0.25) is 9.59 Å². The Labute approximate surface area is 177 Å². The number of fused-ring (bicyclic) bond motifs is 1. The van der Waals surface area contributed by atoms with Gasteiger partial charge in [0.2, 0.25) is 5.91 Å². The molecule has 9 heteroatoms. The van der Waals surface area contributed by atoms with E-state index in [1.165, 1.54) is 26.4 Å². The summed E-state index contributed by atoms with van der Waals surface area (Å²) >= 11 is 0. The summed E-state index contributed by atoms with van der Waals surface area (Å²) in [4.78, 5) is 27.3. The van der Waals surface area contributed by atoms with Crippen LogP contribution in [-0.2, 0) is 9.53 Å². The summed E-state index contributed by atoms with van der Waals surface area (Å²) in [7, 11) is 2.87. The number of hydrogen-bond acceptors (Lipinski definition) is 4. The number of hydrogen-bond donors (Lipinski definition) is 1. The molecule has 0 saturated carbocycles. The normalized spacial score (nSPS) is 18.5. The molecule has 1 N–H and O–H groups in total. The van der Waals surface area contributed by atoms with Gasteiger partial charge < -0.3 is 19.7 Å². The van der Waals surface area contributed by atoms with Crippen molar-refractivity contribution in [1.82, 2.24) is 4.90 Å². The van der Waals surface area contributed by atoms with E-state index >= 15 is 0 Å². The lowest BCUT2D eigenvalue weighted by molar-refractivity contribution is -0.149. The van der Waals surface area contributed by atoms with Crippen molar-refractivity contribution in [2.24, 2.45) is 0 Å². The Morgan fingerprint density at radius 2 is 1.87 bits per heavy atom. The summed E-state index contributed by atoms with van der Waals surface area (Å²) in [5.74, 6) is -1.90.